The van der Waals surface area contributed by atoms with Gasteiger partial charge in [0, 0.05) is 19.3 Å². The van der Waals surface area contributed by atoms with Gasteiger partial charge in [0.2, 0.25) is 0 Å². The standard InChI is InChI=1S/C15H21ClN4/c1-2-8-20(11-12-4-3-6-18-10-12)15-14(16)13(9-17)5-7-19-15/h5,7,12,18H,2-4,6,8,10-11H2,1H3. The van der Waals surface area contributed by atoms with E-state index in [0.29, 0.717) is 16.5 Å². The lowest BCUT2D eigenvalue weighted by atomic mass is 9.99. The van der Waals surface area contributed by atoms with Gasteiger partial charge in [0.15, 0.2) is 0 Å². The van der Waals surface area contributed by atoms with Crippen LogP contribution < -0.4 is 10.2 Å². The Hall–Kier alpha value is -1.31. The second-order valence-corrected chi connectivity index (χ2v) is 5.64. The summed E-state index contributed by atoms with van der Waals surface area (Å²) in [5.41, 5.74) is 0.500. The average Bonchev–Trinajstić information content (AvgIpc) is 2.48. The Kier molecular flexibility index (Phi) is 5.63. The number of hydrogen-bond acceptors (Lipinski definition) is 4. The molecule has 108 valence electrons. The molecule has 1 unspecified atom stereocenters. The molecule has 1 aliphatic rings. The van der Waals surface area contributed by atoms with Gasteiger partial charge in [-0.25, -0.2) is 4.98 Å². The van der Waals surface area contributed by atoms with E-state index in [-0.39, 0.29) is 0 Å². The minimum atomic E-state index is 0.479. The third-order valence-corrected chi connectivity index (χ3v) is 4.03. The Bertz CT molecular complexity index is 477. The Balaban J connectivity index is 2.17. The number of nitrogens with zero attached hydrogens (tertiary/aromatic N) is 3. The number of pyridine rings is 1. The first-order valence-electron chi connectivity index (χ1n) is 7.26. The van der Waals surface area contributed by atoms with E-state index in [1.807, 2.05) is 0 Å². The van der Waals surface area contributed by atoms with E-state index in [0.717, 1.165) is 38.4 Å². The first kappa shape index (κ1) is 15.1. The lowest BCUT2D eigenvalue weighted by Gasteiger charge is -2.31. The molecule has 1 saturated heterocycles. The van der Waals surface area contributed by atoms with E-state index < -0.39 is 0 Å². The maximum absolute atomic E-state index is 9.09. The number of aromatic nitrogens is 1. The number of rotatable bonds is 5. The predicted molar refractivity (Wildman–Crippen MR) is 82.1 cm³/mol. The topological polar surface area (TPSA) is 52.0 Å². The number of piperidine rings is 1. The molecule has 4 nitrogen and oxygen atoms in total. The number of nitrogens with one attached hydrogen (secondary N) is 1. The van der Waals surface area contributed by atoms with Crippen molar-refractivity contribution in [2.75, 3.05) is 31.1 Å². The van der Waals surface area contributed by atoms with Crippen LogP contribution in [0, 0.1) is 17.2 Å². The molecule has 0 saturated carbocycles. The Morgan fingerprint density at radius 2 is 2.45 bits per heavy atom. The van der Waals surface area contributed by atoms with Gasteiger partial charge < -0.3 is 10.2 Å². The third kappa shape index (κ3) is 3.62. The van der Waals surface area contributed by atoms with Crippen LogP contribution in [-0.4, -0.2) is 31.2 Å². The average molecular weight is 293 g/mol. The van der Waals surface area contributed by atoms with E-state index >= 15 is 0 Å². The molecule has 5 heteroatoms. The predicted octanol–water partition coefficient (Wildman–Crippen LogP) is 2.82. The SMILES string of the molecule is CCCN(CC1CCCNC1)c1nccc(C#N)c1Cl. The van der Waals surface area contributed by atoms with E-state index in [2.05, 4.69) is 28.2 Å². The van der Waals surface area contributed by atoms with Crippen molar-refractivity contribution in [3.05, 3.63) is 22.8 Å². The molecule has 20 heavy (non-hydrogen) atoms. The molecule has 0 spiro atoms. The molecule has 2 rings (SSSR count). The Morgan fingerprint density at radius 3 is 3.10 bits per heavy atom. The van der Waals surface area contributed by atoms with Gasteiger partial charge in [-0.3, -0.25) is 0 Å². The summed E-state index contributed by atoms with van der Waals surface area (Å²) in [5, 5.41) is 13.0. The monoisotopic (exact) mass is 292 g/mol. The number of halogens is 1. The molecule has 1 N–H and O–H groups in total. The number of nitriles is 1. The first-order chi connectivity index (χ1) is 9.76. The van der Waals surface area contributed by atoms with Crippen molar-refractivity contribution < 1.29 is 0 Å². The molecule has 0 radical (unpaired) electrons. The summed E-state index contributed by atoms with van der Waals surface area (Å²) in [5.74, 6) is 1.37. The smallest absolute Gasteiger partial charge is 0.148 e. The van der Waals surface area contributed by atoms with Crippen LogP contribution in [0.5, 0.6) is 0 Å². The molecule has 1 atom stereocenters. The molecular weight excluding hydrogens is 272 g/mol. The Morgan fingerprint density at radius 1 is 1.60 bits per heavy atom. The molecule has 1 aromatic heterocycles. The molecule has 0 amide bonds. The molecule has 1 aromatic rings. The molecule has 2 heterocycles. The van der Waals surface area contributed by atoms with Crippen LogP contribution in [-0.2, 0) is 0 Å². The highest BCUT2D eigenvalue weighted by atomic mass is 35.5. The van der Waals surface area contributed by atoms with Crippen LogP contribution in [0.1, 0.15) is 31.7 Å². The zero-order valence-corrected chi connectivity index (χ0v) is 12.7. The maximum Gasteiger partial charge on any atom is 0.148 e. The normalized spacial score (nSPS) is 18.6. The summed E-state index contributed by atoms with van der Waals surface area (Å²) in [4.78, 5) is 6.62. The van der Waals surface area contributed by atoms with Gasteiger partial charge in [-0.05, 0) is 44.3 Å². The molecular formula is C15H21ClN4. The van der Waals surface area contributed by atoms with Crippen LogP contribution in [0.4, 0.5) is 5.82 Å². The minimum absolute atomic E-state index is 0.479. The van der Waals surface area contributed by atoms with Gasteiger partial charge in [0.1, 0.15) is 16.9 Å². The van der Waals surface area contributed by atoms with Crippen LogP contribution in [0.3, 0.4) is 0 Å². The fraction of sp³-hybridized carbons (Fsp3) is 0.600. The molecule has 0 aromatic carbocycles. The third-order valence-electron chi connectivity index (χ3n) is 3.66. The lowest BCUT2D eigenvalue weighted by molar-refractivity contribution is 0.376. The maximum atomic E-state index is 9.09. The summed E-state index contributed by atoms with van der Waals surface area (Å²) in [6.45, 7) is 6.18. The quantitative estimate of drug-likeness (QED) is 0.907. The first-order valence-corrected chi connectivity index (χ1v) is 7.64. The summed E-state index contributed by atoms with van der Waals surface area (Å²) in [6.07, 6.45) is 5.17. The fourth-order valence-electron chi connectivity index (χ4n) is 2.68. The van der Waals surface area contributed by atoms with Crippen molar-refractivity contribution in [1.29, 1.82) is 5.26 Å². The lowest BCUT2D eigenvalue weighted by Crippen LogP contribution is -2.39. The van der Waals surface area contributed by atoms with E-state index in [4.69, 9.17) is 16.9 Å². The van der Waals surface area contributed by atoms with Crippen molar-refractivity contribution in [2.45, 2.75) is 26.2 Å². The highest BCUT2D eigenvalue weighted by Crippen LogP contribution is 2.28. The van der Waals surface area contributed by atoms with Crippen LogP contribution in [0.25, 0.3) is 0 Å². The van der Waals surface area contributed by atoms with E-state index in [9.17, 15) is 0 Å². The van der Waals surface area contributed by atoms with Gasteiger partial charge in [0.25, 0.3) is 0 Å². The van der Waals surface area contributed by atoms with Crippen LogP contribution in [0.2, 0.25) is 5.02 Å². The van der Waals surface area contributed by atoms with E-state index in [1.165, 1.54) is 12.8 Å². The number of hydrogen-bond donors (Lipinski definition) is 1. The Labute approximate surface area is 125 Å². The molecule has 1 fully saturated rings. The highest BCUT2D eigenvalue weighted by molar-refractivity contribution is 6.34. The highest BCUT2D eigenvalue weighted by Gasteiger charge is 2.20. The van der Waals surface area contributed by atoms with Gasteiger partial charge in [-0.15, -0.1) is 0 Å². The zero-order chi connectivity index (χ0) is 14.4. The van der Waals surface area contributed by atoms with Gasteiger partial charge >= 0.3 is 0 Å². The molecule has 0 bridgehead atoms. The van der Waals surface area contributed by atoms with Crippen LogP contribution in [0.15, 0.2) is 12.3 Å². The van der Waals surface area contributed by atoms with Crippen LogP contribution >= 0.6 is 11.6 Å². The molecule has 1 aliphatic heterocycles. The van der Waals surface area contributed by atoms with Crippen molar-refractivity contribution in [2.24, 2.45) is 5.92 Å². The van der Waals surface area contributed by atoms with Crippen molar-refractivity contribution in [3.63, 3.8) is 0 Å². The summed E-state index contributed by atoms with van der Waals surface area (Å²) >= 11 is 6.31. The summed E-state index contributed by atoms with van der Waals surface area (Å²) < 4.78 is 0. The van der Waals surface area contributed by atoms with Gasteiger partial charge in [-0.1, -0.05) is 18.5 Å². The summed E-state index contributed by atoms with van der Waals surface area (Å²) in [6, 6.07) is 3.79. The van der Waals surface area contributed by atoms with Gasteiger partial charge in [-0.2, -0.15) is 5.26 Å². The van der Waals surface area contributed by atoms with Crippen molar-refractivity contribution in [3.8, 4) is 6.07 Å². The second-order valence-electron chi connectivity index (χ2n) is 5.27. The van der Waals surface area contributed by atoms with Crippen molar-refractivity contribution in [1.82, 2.24) is 10.3 Å². The second kappa shape index (κ2) is 7.47. The van der Waals surface area contributed by atoms with E-state index in [1.54, 1.807) is 12.3 Å². The molecule has 0 aliphatic carbocycles. The zero-order valence-electron chi connectivity index (χ0n) is 11.9. The fourth-order valence-corrected chi connectivity index (χ4v) is 2.96. The van der Waals surface area contributed by atoms with Crippen molar-refractivity contribution >= 4 is 17.4 Å². The number of anilines is 1. The van der Waals surface area contributed by atoms with Gasteiger partial charge in [0.05, 0.1) is 5.56 Å². The largest absolute Gasteiger partial charge is 0.355 e. The summed E-state index contributed by atoms with van der Waals surface area (Å²) in [7, 11) is 0. The minimum Gasteiger partial charge on any atom is -0.355 e.